The molecule has 0 unspecified atom stereocenters. The highest BCUT2D eigenvalue weighted by molar-refractivity contribution is 8.18. The summed E-state index contributed by atoms with van der Waals surface area (Å²) < 4.78 is 5.82. The first kappa shape index (κ1) is 20.9. The van der Waals surface area contributed by atoms with Crippen molar-refractivity contribution in [3.8, 4) is 5.75 Å². The van der Waals surface area contributed by atoms with Gasteiger partial charge in [0.25, 0.3) is 16.8 Å². The molecule has 4 rings (SSSR count). The lowest BCUT2D eigenvalue weighted by Gasteiger charge is -2.14. The van der Waals surface area contributed by atoms with Gasteiger partial charge < -0.3 is 4.74 Å². The van der Waals surface area contributed by atoms with Crippen molar-refractivity contribution in [2.24, 2.45) is 0 Å². The summed E-state index contributed by atoms with van der Waals surface area (Å²) in [6, 6.07) is 17.7. The van der Waals surface area contributed by atoms with Crippen LogP contribution in [0.3, 0.4) is 0 Å². The third-order valence-corrected chi connectivity index (χ3v) is 5.89. The summed E-state index contributed by atoms with van der Waals surface area (Å²) in [5.74, 6) is 0.211. The number of halogens is 1. The minimum Gasteiger partial charge on any atom is -0.491 e. The van der Waals surface area contributed by atoms with Gasteiger partial charge >= 0.3 is 0 Å². The number of imide groups is 1. The highest BCUT2D eigenvalue weighted by Crippen LogP contribution is 2.34. The topological polar surface area (TPSA) is 89.8 Å². The molecule has 0 bridgehead atoms. The number of rotatable bonds is 6. The summed E-state index contributed by atoms with van der Waals surface area (Å²) >= 11 is 6.60. The second kappa shape index (κ2) is 8.79. The number of carbonyl (C=O) groups excluding carboxylic acids is 2. The lowest BCUT2D eigenvalue weighted by atomic mass is 10.1. The molecular formula is C22H15ClN2O5S. The van der Waals surface area contributed by atoms with Crippen LogP contribution in [0, 0.1) is 10.1 Å². The molecule has 0 spiro atoms. The highest BCUT2D eigenvalue weighted by atomic mass is 35.5. The SMILES string of the molecule is O=C1S/C(=C\c2ccc(Cl)c([N+](=O)[O-])c2)C(=O)N1CCOc1cccc2ccccc12. The minimum atomic E-state index is -0.601. The van der Waals surface area contributed by atoms with Gasteiger partial charge in [0.1, 0.15) is 17.4 Å². The third kappa shape index (κ3) is 4.40. The number of hydrogen-bond acceptors (Lipinski definition) is 6. The molecule has 3 aromatic rings. The minimum absolute atomic E-state index is 0.000777. The molecule has 9 heteroatoms. The van der Waals surface area contributed by atoms with Crippen molar-refractivity contribution in [1.29, 1.82) is 0 Å². The first-order chi connectivity index (χ1) is 14.9. The Hall–Kier alpha value is -3.36. The van der Waals surface area contributed by atoms with E-state index in [1.165, 1.54) is 18.2 Å². The second-order valence-corrected chi connectivity index (χ2v) is 8.03. The zero-order chi connectivity index (χ0) is 22.0. The van der Waals surface area contributed by atoms with E-state index in [4.69, 9.17) is 16.3 Å². The summed E-state index contributed by atoms with van der Waals surface area (Å²) in [4.78, 5) is 36.7. The van der Waals surface area contributed by atoms with E-state index >= 15 is 0 Å². The van der Waals surface area contributed by atoms with E-state index in [-0.39, 0.29) is 28.8 Å². The van der Waals surface area contributed by atoms with Gasteiger partial charge in [-0.3, -0.25) is 24.6 Å². The predicted octanol–water partition coefficient (Wildman–Crippen LogP) is 5.52. The predicted molar refractivity (Wildman–Crippen MR) is 120 cm³/mol. The highest BCUT2D eigenvalue weighted by Gasteiger charge is 2.35. The summed E-state index contributed by atoms with van der Waals surface area (Å²) in [7, 11) is 0. The zero-order valence-electron chi connectivity index (χ0n) is 16.0. The quantitative estimate of drug-likeness (QED) is 0.277. The lowest BCUT2D eigenvalue weighted by Crippen LogP contribution is -2.32. The van der Waals surface area contributed by atoms with Gasteiger partial charge in [-0.1, -0.05) is 54.1 Å². The molecule has 1 aliphatic heterocycles. The van der Waals surface area contributed by atoms with Crippen LogP contribution in [0.15, 0.2) is 65.6 Å². The number of benzene rings is 3. The standard InChI is InChI=1S/C22H15ClN2O5S/c23-17-9-8-14(12-18(17)25(28)29)13-20-21(26)24(22(27)31-20)10-11-30-19-7-3-5-15-4-1-2-6-16(15)19/h1-9,12-13H,10-11H2/b20-13-. The van der Waals surface area contributed by atoms with Crippen LogP contribution in [0.1, 0.15) is 5.56 Å². The van der Waals surface area contributed by atoms with Gasteiger partial charge in [-0.2, -0.15) is 0 Å². The molecule has 1 saturated heterocycles. The van der Waals surface area contributed by atoms with Gasteiger partial charge in [-0.05, 0) is 40.9 Å². The molecule has 0 aliphatic carbocycles. The Labute approximate surface area is 186 Å². The van der Waals surface area contributed by atoms with Gasteiger partial charge in [0.05, 0.1) is 16.4 Å². The molecule has 1 fully saturated rings. The first-order valence-corrected chi connectivity index (χ1v) is 10.4. The van der Waals surface area contributed by atoms with Crippen LogP contribution in [0.25, 0.3) is 16.8 Å². The van der Waals surface area contributed by atoms with Crippen molar-refractivity contribution in [2.45, 2.75) is 0 Å². The van der Waals surface area contributed by atoms with Crippen molar-refractivity contribution in [1.82, 2.24) is 4.90 Å². The number of fused-ring (bicyclic) bond motifs is 1. The molecule has 0 aromatic heterocycles. The number of thioether (sulfide) groups is 1. The third-order valence-electron chi connectivity index (χ3n) is 4.66. The Bertz CT molecular complexity index is 1240. The van der Waals surface area contributed by atoms with Crippen LogP contribution in [-0.4, -0.2) is 34.1 Å². The molecule has 0 saturated carbocycles. The molecule has 7 nitrogen and oxygen atoms in total. The number of nitro groups is 1. The van der Waals surface area contributed by atoms with Crippen molar-refractivity contribution < 1.29 is 19.2 Å². The summed E-state index contributed by atoms with van der Waals surface area (Å²) in [5, 5.41) is 12.6. The fraction of sp³-hybridized carbons (Fsp3) is 0.0909. The summed E-state index contributed by atoms with van der Waals surface area (Å²) in [6.45, 7) is 0.234. The molecule has 2 amide bonds. The average Bonchev–Trinajstić information content (AvgIpc) is 3.02. The van der Waals surface area contributed by atoms with Gasteiger partial charge in [-0.25, -0.2) is 0 Å². The van der Waals surface area contributed by atoms with E-state index in [0.717, 1.165) is 27.4 Å². The van der Waals surface area contributed by atoms with Gasteiger partial charge in [0, 0.05) is 11.5 Å². The van der Waals surface area contributed by atoms with Crippen LogP contribution in [0.2, 0.25) is 5.02 Å². The van der Waals surface area contributed by atoms with E-state index in [0.29, 0.717) is 11.3 Å². The van der Waals surface area contributed by atoms with E-state index in [2.05, 4.69) is 0 Å². The first-order valence-electron chi connectivity index (χ1n) is 9.24. The number of nitrogens with zero attached hydrogens (tertiary/aromatic N) is 2. The van der Waals surface area contributed by atoms with Gasteiger partial charge in [0.15, 0.2) is 0 Å². The summed E-state index contributed by atoms with van der Waals surface area (Å²) in [6.07, 6.45) is 1.44. The fourth-order valence-corrected chi connectivity index (χ4v) is 4.22. The Balaban J connectivity index is 1.46. The lowest BCUT2D eigenvalue weighted by molar-refractivity contribution is -0.384. The van der Waals surface area contributed by atoms with Gasteiger partial charge in [0.2, 0.25) is 0 Å². The average molecular weight is 455 g/mol. The second-order valence-electron chi connectivity index (χ2n) is 6.63. The van der Waals surface area contributed by atoms with E-state index < -0.39 is 16.1 Å². The van der Waals surface area contributed by atoms with Gasteiger partial charge in [-0.15, -0.1) is 0 Å². The van der Waals surface area contributed by atoms with E-state index in [1.54, 1.807) is 6.07 Å². The normalized spacial score (nSPS) is 15.1. The number of carbonyl (C=O) groups is 2. The van der Waals surface area contributed by atoms with Crippen LogP contribution in [-0.2, 0) is 4.79 Å². The number of nitro benzene ring substituents is 1. The Morgan fingerprint density at radius 3 is 2.68 bits per heavy atom. The van der Waals surface area contributed by atoms with Crippen LogP contribution >= 0.6 is 23.4 Å². The molecule has 31 heavy (non-hydrogen) atoms. The Kier molecular flexibility index (Phi) is 5.92. The smallest absolute Gasteiger partial charge is 0.293 e. The van der Waals surface area contributed by atoms with Crippen LogP contribution in [0.4, 0.5) is 10.5 Å². The maximum atomic E-state index is 12.7. The Morgan fingerprint density at radius 1 is 1.10 bits per heavy atom. The molecule has 0 N–H and O–H groups in total. The van der Waals surface area contributed by atoms with E-state index in [9.17, 15) is 19.7 Å². The number of ether oxygens (including phenoxy) is 1. The number of hydrogen-bond donors (Lipinski definition) is 0. The molecule has 0 atom stereocenters. The largest absolute Gasteiger partial charge is 0.491 e. The molecule has 1 aliphatic rings. The molecule has 3 aromatic carbocycles. The number of amides is 2. The maximum absolute atomic E-state index is 12.7. The van der Waals surface area contributed by atoms with Crippen molar-refractivity contribution in [3.05, 3.63) is 86.3 Å². The molecule has 0 radical (unpaired) electrons. The van der Waals surface area contributed by atoms with Crippen LogP contribution in [0.5, 0.6) is 5.75 Å². The maximum Gasteiger partial charge on any atom is 0.293 e. The zero-order valence-corrected chi connectivity index (χ0v) is 17.6. The van der Waals surface area contributed by atoms with Crippen molar-refractivity contribution in [2.75, 3.05) is 13.2 Å². The Morgan fingerprint density at radius 2 is 1.87 bits per heavy atom. The van der Waals surface area contributed by atoms with Crippen LogP contribution < -0.4 is 4.74 Å². The monoisotopic (exact) mass is 454 g/mol. The molecule has 1 heterocycles. The van der Waals surface area contributed by atoms with Crippen molar-refractivity contribution in [3.63, 3.8) is 0 Å². The summed E-state index contributed by atoms with van der Waals surface area (Å²) in [5.41, 5.74) is 0.145. The fourth-order valence-electron chi connectivity index (χ4n) is 3.17. The molecular weight excluding hydrogens is 440 g/mol. The van der Waals surface area contributed by atoms with Crippen molar-refractivity contribution >= 4 is 57.0 Å². The molecule has 156 valence electrons. The van der Waals surface area contributed by atoms with E-state index in [1.807, 2.05) is 42.5 Å².